The summed E-state index contributed by atoms with van der Waals surface area (Å²) in [5.74, 6) is 1.57. The molecule has 8 heteroatoms. The topological polar surface area (TPSA) is 69.6 Å². The van der Waals surface area contributed by atoms with Gasteiger partial charge in [0.25, 0.3) is 0 Å². The summed E-state index contributed by atoms with van der Waals surface area (Å²) in [4.78, 5) is 9.52. The lowest BCUT2D eigenvalue weighted by Gasteiger charge is -2.36. The average Bonchev–Trinajstić information content (AvgIpc) is 3.47. The Hall–Kier alpha value is -0.940. The molecule has 1 saturated carbocycles. The van der Waals surface area contributed by atoms with E-state index in [1.54, 1.807) is 0 Å². The second kappa shape index (κ2) is 12.3. The van der Waals surface area contributed by atoms with Crippen molar-refractivity contribution < 1.29 is 14.6 Å². The molecule has 2 aliphatic heterocycles. The number of hydrogen-bond donors (Lipinski definition) is 2. The molecule has 0 amide bonds. The lowest BCUT2D eigenvalue weighted by atomic mass is 10.1. The van der Waals surface area contributed by atoms with Crippen LogP contribution < -0.4 is 5.32 Å². The van der Waals surface area contributed by atoms with Crippen LogP contribution in [0.4, 0.5) is 0 Å². The minimum atomic E-state index is -0.562. The zero-order chi connectivity index (χ0) is 20.8. The van der Waals surface area contributed by atoms with Gasteiger partial charge in [-0.25, -0.2) is 0 Å². The van der Waals surface area contributed by atoms with Crippen LogP contribution in [0.3, 0.4) is 0 Å². The largest absolute Gasteiger partial charge is 0.389 e. The highest BCUT2D eigenvalue weighted by atomic mass is 127. The zero-order valence-electron chi connectivity index (χ0n) is 18.5. The Morgan fingerprint density at radius 1 is 1.29 bits per heavy atom. The van der Waals surface area contributed by atoms with Gasteiger partial charge >= 0.3 is 0 Å². The molecule has 0 radical (unpaired) electrons. The van der Waals surface area contributed by atoms with Crippen molar-refractivity contribution in [1.29, 1.82) is 0 Å². The van der Waals surface area contributed by atoms with E-state index in [-0.39, 0.29) is 30.1 Å². The summed E-state index contributed by atoms with van der Waals surface area (Å²) in [5, 5.41) is 13.6. The van der Waals surface area contributed by atoms with Gasteiger partial charge in [0.15, 0.2) is 5.96 Å². The summed E-state index contributed by atoms with van der Waals surface area (Å²) < 4.78 is 11.7. The summed E-state index contributed by atoms with van der Waals surface area (Å²) in [6, 6.07) is 11.0. The number of aliphatic hydroxyl groups is 1. The van der Waals surface area contributed by atoms with E-state index in [0.29, 0.717) is 25.1 Å². The molecule has 0 spiro atoms. The number of hydrogen-bond acceptors (Lipinski definition) is 5. The van der Waals surface area contributed by atoms with Crippen molar-refractivity contribution in [3.63, 3.8) is 0 Å². The van der Waals surface area contributed by atoms with Crippen molar-refractivity contribution in [2.45, 2.75) is 44.6 Å². The van der Waals surface area contributed by atoms with Crippen molar-refractivity contribution in [3.05, 3.63) is 35.9 Å². The predicted molar refractivity (Wildman–Crippen MR) is 133 cm³/mol. The zero-order valence-corrected chi connectivity index (χ0v) is 20.8. The molecule has 174 valence electrons. The number of fused-ring (bicyclic) bond motifs is 1. The Kier molecular flexibility index (Phi) is 9.83. The van der Waals surface area contributed by atoms with E-state index < -0.39 is 6.10 Å². The maximum Gasteiger partial charge on any atom is 0.194 e. The van der Waals surface area contributed by atoms with Gasteiger partial charge in [-0.3, -0.25) is 9.89 Å². The standard InChI is InChI=1S/C23H36N4O3.HI/c1-2-24-23(25-12-20(28)17-29-16-19-8-9-19)27-14-21-22(15-27)30-11-10-26(21)13-18-6-4-3-5-7-18;/h3-7,19-22,28H,2,8-17H2,1H3,(H,24,25);1H. The van der Waals surface area contributed by atoms with E-state index in [0.717, 1.165) is 51.9 Å². The fourth-order valence-corrected chi connectivity index (χ4v) is 4.27. The molecule has 2 N–H and O–H groups in total. The van der Waals surface area contributed by atoms with Gasteiger partial charge < -0.3 is 24.8 Å². The molecule has 1 aliphatic carbocycles. The summed E-state index contributed by atoms with van der Waals surface area (Å²) in [6.45, 7) is 8.75. The number of guanidine groups is 1. The third kappa shape index (κ3) is 7.28. The van der Waals surface area contributed by atoms with Crippen LogP contribution in [-0.4, -0.2) is 91.7 Å². The number of aliphatic imine (C=N–C) groups is 1. The summed E-state index contributed by atoms with van der Waals surface area (Å²) in [5.41, 5.74) is 1.34. The van der Waals surface area contributed by atoms with Crippen LogP contribution in [0.1, 0.15) is 25.3 Å². The second-order valence-electron chi connectivity index (χ2n) is 8.67. The van der Waals surface area contributed by atoms with E-state index in [4.69, 9.17) is 14.5 Å². The van der Waals surface area contributed by atoms with Gasteiger partial charge in [0.05, 0.1) is 38.0 Å². The fourth-order valence-electron chi connectivity index (χ4n) is 4.27. The number of morpholine rings is 1. The van der Waals surface area contributed by atoms with E-state index in [1.807, 2.05) is 0 Å². The first-order valence-corrected chi connectivity index (χ1v) is 11.4. The maximum atomic E-state index is 10.2. The van der Waals surface area contributed by atoms with Gasteiger partial charge in [-0.05, 0) is 31.2 Å². The second-order valence-corrected chi connectivity index (χ2v) is 8.67. The summed E-state index contributed by atoms with van der Waals surface area (Å²) in [6.07, 6.45) is 2.16. The molecule has 7 nitrogen and oxygen atoms in total. The van der Waals surface area contributed by atoms with Gasteiger partial charge in [-0.2, -0.15) is 0 Å². The average molecular weight is 544 g/mol. The van der Waals surface area contributed by atoms with Crippen LogP contribution >= 0.6 is 24.0 Å². The Labute approximate surface area is 203 Å². The third-order valence-corrected chi connectivity index (χ3v) is 6.09. The molecule has 2 heterocycles. The molecular weight excluding hydrogens is 507 g/mol. The first-order chi connectivity index (χ1) is 14.7. The number of nitrogens with zero attached hydrogens (tertiary/aromatic N) is 3. The normalized spacial score (nSPS) is 25.1. The number of benzene rings is 1. The quantitative estimate of drug-likeness (QED) is 0.282. The van der Waals surface area contributed by atoms with Crippen molar-refractivity contribution in [2.24, 2.45) is 10.9 Å². The Bertz CT molecular complexity index is 689. The lowest BCUT2D eigenvalue weighted by molar-refractivity contribution is -0.0502. The molecule has 0 bridgehead atoms. The van der Waals surface area contributed by atoms with Crippen LogP contribution in [0.5, 0.6) is 0 Å². The lowest BCUT2D eigenvalue weighted by Crippen LogP contribution is -2.50. The number of likely N-dealkylation sites (tertiary alicyclic amines) is 1. The van der Waals surface area contributed by atoms with Crippen molar-refractivity contribution >= 4 is 29.9 Å². The van der Waals surface area contributed by atoms with Crippen molar-refractivity contribution in [1.82, 2.24) is 15.1 Å². The van der Waals surface area contributed by atoms with Crippen LogP contribution in [0, 0.1) is 5.92 Å². The molecule has 2 saturated heterocycles. The van der Waals surface area contributed by atoms with Gasteiger partial charge in [-0.15, -0.1) is 24.0 Å². The first kappa shape index (κ1) is 24.7. The van der Waals surface area contributed by atoms with Crippen molar-refractivity contribution in [3.8, 4) is 0 Å². The number of halogens is 1. The summed E-state index contributed by atoms with van der Waals surface area (Å²) in [7, 11) is 0. The Balaban J connectivity index is 0.00000272. The minimum Gasteiger partial charge on any atom is -0.389 e. The molecule has 31 heavy (non-hydrogen) atoms. The molecule has 4 rings (SSSR count). The molecule has 0 aromatic heterocycles. The molecule has 3 atom stereocenters. The molecule has 1 aromatic carbocycles. The van der Waals surface area contributed by atoms with Gasteiger partial charge in [0.2, 0.25) is 0 Å². The third-order valence-electron chi connectivity index (χ3n) is 6.09. The van der Waals surface area contributed by atoms with Crippen LogP contribution in [-0.2, 0) is 16.0 Å². The monoisotopic (exact) mass is 544 g/mol. The Morgan fingerprint density at radius 3 is 2.84 bits per heavy atom. The number of aliphatic hydroxyl groups excluding tert-OH is 1. The fraction of sp³-hybridized carbons (Fsp3) is 0.696. The molecule has 3 unspecified atom stereocenters. The number of ether oxygens (including phenoxy) is 2. The van der Waals surface area contributed by atoms with Crippen LogP contribution in [0.2, 0.25) is 0 Å². The highest BCUT2D eigenvalue weighted by molar-refractivity contribution is 14.0. The van der Waals surface area contributed by atoms with E-state index in [2.05, 4.69) is 52.4 Å². The van der Waals surface area contributed by atoms with Crippen molar-refractivity contribution in [2.75, 3.05) is 52.5 Å². The highest BCUT2D eigenvalue weighted by Crippen LogP contribution is 2.28. The number of rotatable bonds is 9. The first-order valence-electron chi connectivity index (χ1n) is 11.4. The predicted octanol–water partition coefficient (Wildman–Crippen LogP) is 1.94. The molecule has 3 fully saturated rings. The van der Waals surface area contributed by atoms with Crippen LogP contribution in [0.25, 0.3) is 0 Å². The van der Waals surface area contributed by atoms with Gasteiger partial charge in [0, 0.05) is 39.3 Å². The highest BCUT2D eigenvalue weighted by Gasteiger charge is 2.41. The maximum absolute atomic E-state index is 10.2. The minimum absolute atomic E-state index is 0. The Morgan fingerprint density at radius 2 is 2.10 bits per heavy atom. The van der Waals surface area contributed by atoms with E-state index in [1.165, 1.54) is 18.4 Å². The SMILES string of the molecule is CCNC(=NCC(O)COCC1CC1)N1CC2OCCN(Cc3ccccc3)C2C1.I. The number of nitrogens with one attached hydrogen (secondary N) is 1. The molecule has 3 aliphatic rings. The smallest absolute Gasteiger partial charge is 0.194 e. The van der Waals surface area contributed by atoms with Crippen LogP contribution in [0.15, 0.2) is 35.3 Å². The summed E-state index contributed by atoms with van der Waals surface area (Å²) >= 11 is 0. The molecule has 1 aromatic rings. The van der Waals surface area contributed by atoms with E-state index >= 15 is 0 Å². The van der Waals surface area contributed by atoms with Gasteiger partial charge in [-0.1, -0.05) is 30.3 Å². The van der Waals surface area contributed by atoms with Gasteiger partial charge in [0.1, 0.15) is 0 Å². The molecular formula is C23H37IN4O3. The van der Waals surface area contributed by atoms with E-state index in [9.17, 15) is 5.11 Å².